The fourth-order valence-corrected chi connectivity index (χ4v) is 2.19. The molecule has 1 aromatic rings. The highest BCUT2D eigenvalue weighted by Crippen LogP contribution is 2.19. The summed E-state index contributed by atoms with van der Waals surface area (Å²) in [5.74, 6) is 1.02. The van der Waals surface area contributed by atoms with Crippen LogP contribution in [0.2, 0.25) is 0 Å². The number of aliphatic hydroxyl groups excluding tert-OH is 1. The molecule has 0 spiro atoms. The second kappa shape index (κ2) is 5.61. The van der Waals surface area contributed by atoms with Crippen LogP contribution in [-0.2, 0) is 0 Å². The van der Waals surface area contributed by atoms with Crippen LogP contribution in [0.1, 0.15) is 6.42 Å². The summed E-state index contributed by atoms with van der Waals surface area (Å²) < 4.78 is 1.01. The quantitative estimate of drug-likeness (QED) is 0.867. The molecule has 0 amide bonds. The minimum absolute atomic E-state index is 0.201. The van der Waals surface area contributed by atoms with Crippen LogP contribution in [0, 0.1) is 0 Å². The topological polar surface area (TPSA) is 48.4 Å². The summed E-state index contributed by atoms with van der Waals surface area (Å²) in [4.78, 5) is 6.64. The predicted molar refractivity (Wildman–Crippen MR) is 67.6 cm³/mol. The molecule has 1 aromatic heterocycles. The smallest absolute Gasteiger partial charge is 0.128 e. The summed E-state index contributed by atoms with van der Waals surface area (Å²) >= 11 is 3.38. The molecule has 0 unspecified atom stereocenters. The van der Waals surface area contributed by atoms with Crippen molar-refractivity contribution in [1.82, 2.24) is 10.3 Å². The Morgan fingerprint density at radius 3 is 3.12 bits per heavy atom. The van der Waals surface area contributed by atoms with Gasteiger partial charge in [-0.25, -0.2) is 4.98 Å². The maximum Gasteiger partial charge on any atom is 0.128 e. The first-order valence-corrected chi connectivity index (χ1v) is 6.29. The summed E-state index contributed by atoms with van der Waals surface area (Å²) in [6.07, 6.45) is 2.93. The number of nitrogens with one attached hydrogen (secondary N) is 1. The average molecular weight is 286 g/mol. The summed E-state index contributed by atoms with van der Waals surface area (Å²) in [6.45, 7) is 2.87. The van der Waals surface area contributed by atoms with Crippen molar-refractivity contribution in [1.29, 1.82) is 0 Å². The van der Waals surface area contributed by atoms with Crippen LogP contribution in [-0.4, -0.2) is 42.4 Å². The van der Waals surface area contributed by atoms with E-state index in [9.17, 15) is 0 Å². The van der Waals surface area contributed by atoms with Gasteiger partial charge in [0, 0.05) is 36.3 Å². The van der Waals surface area contributed by atoms with Crippen LogP contribution in [0.15, 0.2) is 22.8 Å². The third kappa shape index (κ3) is 2.93. The van der Waals surface area contributed by atoms with Gasteiger partial charge in [-0.15, -0.1) is 0 Å². The number of aromatic nitrogens is 1. The zero-order valence-electron chi connectivity index (χ0n) is 9.06. The highest BCUT2D eigenvalue weighted by atomic mass is 79.9. The number of rotatable bonds is 4. The van der Waals surface area contributed by atoms with Gasteiger partial charge in [0.1, 0.15) is 5.82 Å². The van der Waals surface area contributed by atoms with Gasteiger partial charge in [0.05, 0.1) is 6.61 Å². The molecule has 1 aliphatic rings. The molecule has 1 atom stereocenters. The Morgan fingerprint density at radius 2 is 2.44 bits per heavy atom. The molecule has 2 heterocycles. The molecule has 16 heavy (non-hydrogen) atoms. The van der Waals surface area contributed by atoms with Crippen molar-refractivity contribution >= 4 is 21.7 Å². The van der Waals surface area contributed by atoms with Crippen LogP contribution in [0.5, 0.6) is 0 Å². The Balaban J connectivity index is 1.90. The lowest BCUT2D eigenvalue weighted by molar-refractivity contribution is 0.286. The third-order valence-corrected chi connectivity index (χ3v) is 3.24. The van der Waals surface area contributed by atoms with Crippen LogP contribution in [0.3, 0.4) is 0 Å². The van der Waals surface area contributed by atoms with Crippen LogP contribution in [0.4, 0.5) is 5.82 Å². The fraction of sp³-hybridized carbons (Fsp3) is 0.545. The van der Waals surface area contributed by atoms with Crippen molar-refractivity contribution in [2.45, 2.75) is 12.5 Å². The molecule has 0 bridgehead atoms. The van der Waals surface area contributed by atoms with E-state index in [2.05, 4.69) is 31.1 Å². The lowest BCUT2D eigenvalue weighted by Gasteiger charge is -2.17. The van der Waals surface area contributed by atoms with Crippen molar-refractivity contribution in [3.05, 3.63) is 22.8 Å². The Bertz CT molecular complexity index is 331. The molecule has 4 nitrogen and oxygen atoms in total. The lowest BCUT2D eigenvalue weighted by Crippen LogP contribution is -2.34. The monoisotopic (exact) mass is 285 g/mol. The van der Waals surface area contributed by atoms with Crippen molar-refractivity contribution in [3.63, 3.8) is 0 Å². The van der Waals surface area contributed by atoms with Gasteiger partial charge in [-0.1, -0.05) is 0 Å². The molecule has 1 saturated heterocycles. The molecule has 1 aliphatic heterocycles. The van der Waals surface area contributed by atoms with Crippen LogP contribution < -0.4 is 10.2 Å². The highest BCUT2D eigenvalue weighted by molar-refractivity contribution is 9.10. The van der Waals surface area contributed by atoms with Gasteiger partial charge in [-0.3, -0.25) is 0 Å². The molecular weight excluding hydrogens is 270 g/mol. The van der Waals surface area contributed by atoms with Crippen molar-refractivity contribution in [2.24, 2.45) is 0 Å². The normalized spacial score (nSPS) is 20.4. The number of anilines is 1. The van der Waals surface area contributed by atoms with E-state index in [1.54, 1.807) is 0 Å². The van der Waals surface area contributed by atoms with Crippen LogP contribution >= 0.6 is 15.9 Å². The minimum atomic E-state index is 0.201. The first kappa shape index (κ1) is 11.8. The minimum Gasteiger partial charge on any atom is -0.395 e. The summed E-state index contributed by atoms with van der Waals surface area (Å²) in [5, 5.41) is 12.1. The van der Waals surface area contributed by atoms with E-state index in [4.69, 9.17) is 5.11 Å². The molecule has 1 fully saturated rings. The van der Waals surface area contributed by atoms with E-state index in [1.807, 2.05) is 18.3 Å². The van der Waals surface area contributed by atoms with Gasteiger partial charge in [0.25, 0.3) is 0 Å². The molecule has 0 aliphatic carbocycles. The van der Waals surface area contributed by atoms with Gasteiger partial charge in [-0.05, 0) is 34.5 Å². The summed E-state index contributed by atoms with van der Waals surface area (Å²) in [6, 6.07) is 4.51. The number of pyridine rings is 1. The largest absolute Gasteiger partial charge is 0.395 e. The lowest BCUT2D eigenvalue weighted by atomic mass is 10.3. The van der Waals surface area contributed by atoms with Gasteiger partial charge in [0.2, 0.25) is 0 Å². The fourth-order valence-electron chi connectivity index (χ4n) is 1.96. The first-order chi connectivity index (χ1) is 7.79. The maximum absolute atomic E-state index is 8.75. The number of hydrogen-bond acceptors (Lipinski definition) is 4. The van der Waals surface area contributed by atoms with Gasteiger partial charge < -0.3 is 15.3 Å². The number of halogens is 1. The molecule has 2 rings (SSSR count). The number of hydrogen-bond donors (Lipinski definition) is 2. The Labute approximate surface area is 104 Å². The third-order valence-electron chi connectivity index (χ3n) is 2.77. The highest BCUT2D eigenvalue weighted by Gasteiger charge is 2.22. The number of aliphatic hydroxyl groups is 1. The van der Waals surface area contributed by atoms with Gasteiger partial charge >= 0.3 is 0 Å². The van der Waals surface area contributed by atoms with E-state index in [-0.39, 0.29) is 6.61 Å². The van der Waals surface area contributed by atoms with Crippen molar-refractivity contribution in [3.8, 4) is 0 Å². The van der Waals surface area contributed by atoms with Gasteiger partial charge in [-0.2, -0.15) is 0 Å². The zero-order chi connectivity index (χ0) is 11.4. The van der Waals surface area contributed by atoms with E-state index in [1.165, 1.54) is 0 Å². The van der Waals surface area contributed by atoms with Crippen molar-refractivity contribution in [2.75, 3.05) is 31.1 Å². The van der Waals surface area contributed by atoms with Crippen molar-refractivity contribution < 1.29 is 5.11 Å². The van der Waals surface area contributed by atoms with E-state index in [0.29, 0.717) is 12.6 Å². The average Bonchev–Trinajstić information content (AvgIpc) is 2.76. The molecule has 2 N–H and O–H groups in total. The standard InChI is InChI=1S/C11H16BrN3O/c12-9-1-2-11(14-7-9)15-5-3-10(8-15)13-4-6-16/h1-2,7,10,13,16H,3-6,8H2/t10-/m1/s1. The summed E-state index contributed by atoms with van der Waals surface area (Å²) in [5.41, 5.74) is 0. The van der Waals surface area contributed by atoms with Crippen LogP contribution in [0.25, 0.3) is 0 Å². The Morgan fingerprint density at radius 1 is 1.56 bits per heavy atom. The van der Waals surface area contributed by atoms with E-state index in [0.717, 1.165) is 29.8 Å². The number of nitrogens with zero attached hydrogens (tertiary/aromatic N) is 2. The molecule has 0 radical (unpaired) electrons. The molecule has 0 saturated carbocycles. The van der Waals surface area contributed by atoms with Gasteiger partial charge in [0.15, 0.2) is 0 Å². The SMILES string of the molecule is OCCN[C@@H]1CCN(c2ccc(Br)cn2)C1. The molecule has 5 heteroatoms. The second-order valence-corrected chi connectivity index (χ2v) is 4.86. The maximum atomic E-state index is 8.75. The van der Waals surface area contributed by atoms with E-state index < -0.39 is 0 Å². The Hall–Kier alpha value is -0.650. The predicted octanol–water partition coefficient (Wildman–Crippen LogP) is 1.00. The molecule has 0 aromatic carbocycles. The first-order valence-electron chi connectivity index (χ1n) is 5.50. The summed E-state index contributed by atoms with van der Waals surface area (Å²) in [7, 11) is 0. The second-order valence-electron chi connectivity index (χ2n) is 3.94. The Kier molecular flexibility index (Phi) is 4.15. The molecular formula is C11H16BrN3O. The zero-order valence-corrected chi connectivity index (χ0v) is 10.7. The molecule has 88 valence electrons. The van der Waals surface area contributed by atoms with E-state index >= 15 is 0 Å².